The second-order valence-corrected chi connectivity index (χ2v) is 6.24. The molecular formula is C14H30N2O. The Morgan fingerprint density at radius 1 is 1.18 bits per heavy atom. The van der Waals surface area contributed by atoms with E-state index in [0.717, 1.165) is 25.2 Å². The Morgan fingerprint density at radius 3 is 2.24 bits per heavy atom. The highest BCUT2D eigenvalue weighted by molar-refractivity contribution is 4.80. The van der Waals surface area contributed by atoms with E-state index >= 15 is 0 Å². The topological polar surface area (TPSA) is 24.5 Å². The van der Waals surface area contributed by atoms with Crippen LogP contribution in [0, 0.1) is 0 Å². The fourth-order valence-electron chi connectivity index (χ4n) is 2.48. The van der Waals surface area contributed by atoms with Crippen molar-refractivity contribution in [3.8, 4) is 0 Å². The van der Waals surface area contributed by atoms with Crippen LogP contribution in [0.25, 0.3) is 0 Å². The van der Waals surface area contributed by atoms with Gasteiger partial charge in [0.15, 0.2) is 0 Å². The van der Waals surface area contributed by atoms with Crippen molar-refractivity contribution in [2.75, 3.05) is 27.2 Å². The molecule has 0 aromatic rings. The molecule has 0 aromatic heterocycles. The van der Waals surface area contributed by atoms with Gasteiger partial charge in [0, 0.05) is 18.6 Å². The average molecular weight is 242 g/mol. The van der Waals surface area contributed by atoms with Crippen LogP contribution in [0.1, 0.15) is 46.5 Å². The molecule has 0 heterocycles. The summed E-state index contributed by atoms with van der Waals surface area (Å²) in [6.45, 7) is 8.24. The molecule has 1 aliphatic carbocycles. The normalized spacial score (nSPS) is 26.5. The smallest absolute Gasteiger partial charge is 0.0600 e. The second kappa shape index (κ2) is 6.72. The lowest BCUT2D eigenvalue weighted by Crippen LogP contribution is -2.41. The Morgan fingerprint density at radius 2 is 1.76 bits per heavy atom. The lowest BCUT2D eigenvalue weighted by atomic mass is 9.90. The van der Waals surface area contributed by atoms with Crippen molar-refractivity contribution >= 4 is 0 Å². The van der Waals surface area contributed by atoms with Crippen LogP contribution in [0.15, 0.2) is 0 Å². The van der Waals surface area contributed by atoms with Crippen molar-refractivity contribution < 1.29 is 4.74 Å². The van der Waals surface area contributed by atoms with Crippen LogP contribution in [0.4, 0.5) is 0 Å². The van der Waals surface area contributed by atoms with Gasteiger partial charge in [0.05, 0.1) is 12.2 Å². The molecule has 0 spiro atoms. The standard InChI is InChI=1S/C14H30N2O/c1-14(2,3)17-11-10-16(5)13-8-6-12(15-4)7-9-13/h12-13,15H,6-11H2,1-5H3. The van der Waals surface area contributed by atoms with Crippen molar-refractivity contribution in [1.29, 1.82) is 0 Å². The van der Waals surface area contributed by atoms with Gasteiger partial charge in [0.2, 0.25) is 0 Å². The molecule has 1 rings (SSSR count). The number of hydrogen-bond acceptors (Lipinski definition) is 3. The van der Waals surface area contributed by atoms with Gasteiger partial charge in [-0.15, -0.1) is 0 Å². The molecule has 0 aliphatic heterocycles. The minimum absolute atomic E-state index is 0.00929. The van der Waals surface area contributed by atoms with Gasteiger partial charge < -0.3 is 15.0 Å². The summed E-state index contributed by atoms with van der Waals surface area (Å²) in [5.41, 5.74) is -0.00929. The van der Waals surface area contributed by atoms with E-state index < -0.39 is 0 Å². The Hall–Kier alpha value is -0.120. The van der Waals surface area contributed by atoms with E-state index in [1.165, 1.54) is 25.7 Å². The third kappa shape index (κ3) is 5.84. The molecule has 1 aliphatic rings. The molecule has 17 heavy (non-hydrogen) atoms. The Kier molecular flexibility index (Phi) is 5.90. The number of ether oxygens (including phenoxy) is 1. The summed E-state index contributed by atoms with van der Waals surface area (Å²) < 4.78 is 5.78. The van der Waals surface area contributed by atoms with E-state index in [9.17, 15) is 0 Å². The largest absolute Gasteiger partial charge is 0.375 e. The highest BCUT2D eigenvalue weighted by Crippen LogP contribution is 2.22. The molecule has 1 saturated carbocycles. The van der Waals surface area contributed by atoms with Crippen LogP contribution < -0.4 is 5.32 Å². The minimum atomic E-state index is -0.00929. The Labute approximate surface area is 107 Å². The lowest BCUT2D eigenvalue weighted by Gasteiger charge is -2.35. The van der Waals surface area contributed by atoms with E-state index in [2.05, 4.69) is 45.1 Å². The van der Waals surface area contributed by atoms with Gasteiger partial charge >= 0.3 is 0 Å². The highest BCUT2D eigenvalue weighted by Gasteiger charge is 2.23. The van der Waals surface area contributed by atoms with Gasteiger partial charge in [-0.1, -0.05) is 0 Å². The van der Waals surface area contributed by atoms with Crippen molar-refractivity contribution in [2.24, 2.45) is 0 Å². The maximum Gasteiger partial charge on any atom is 0.0600 e. The monoisotopic (exact) mass is 242 g/mol. The van der Waals surface area contributed by atoms with Crippen LogP contribution in [0.3, 0.4) is 0 Å². The SMILES string of the molecule is CNC1CCC(N(C)CCOC(C)(C)C)CC1. The molecule has 3 heteroatoms. The van der Waals surface area contributed by atoms with Crippen molar-refractivity contribution in [1.82, 2.24) is 10.2 Å². The second-order valence-electron chi connectivity index (χ2n) is 6.24. The number of rotatable bonds is 5. The van der Waals surface area contributed by atoms with Crippen molar-refractivity contribution in [3.05, 3.63) is 0 Å². The summed E-state index contributed by atoms with van der Waals surface area (Å²) in [5.74, 6) is 0. The van der Waals surface area contributed by atoms with E-state index in [0.29, 0.717) is 0 Å². The van der Waals surface area contributed by atoms with Crippen molar-refractivity contribution in [2.45, 2.75) is 64.1 Å². The molecule has 102 valence electrons. The van der Waals surface area contributed by atoms with Gasteiger partial charge in [-0.2, -0.15) is 0 Å². The first kappa shape index (κ1) is 14.9. The van der Waals surface area contributed by atoms with E-state index in [-0.39, 0.29) is 5.60 Å². The molecule has 0 saturated heterocycles. The maximum absolute atomic E-state index is 5.78. The minimum Gasteiger partial charge on any atom is -0.375 e. The number of hydrogen-bond donors (Lipinski definition) is 1. The van der Waals surface area contributed by atoms with Crippen LogP contribution in [-0.4, -0.2) is 49.8 Å². The van der Waals surface area contributed by atoms with Gasteiger partial charge in [0.25, 0.3) is 0 Å². The first-order chi connectivity index (χ1) is 7.92. The predicted octanol–water partition coefficient (Wildman–Crippen LogP) is 2.26. The van der Waals surface area contributed by atoms with Crippen LogP contribution in [-0.2, 0) is 4.74 Å². The van der Waals surface area contributed by atoms with Crippen molar-refractivity contribution in [3.63, 3.8) is 0 Å². The Balaban J connectivity index is 2.18. The molecule has 0 radical (unpaired) electrons. The maximum atomic E-state index is 5.78. The van der Waals surface area contributed by atoms with Gasteiger partial charge in [0.1, 0.15) is 0 Å². The quantitative estimate of drug-likeness (QED) is 0.800. The fourth-order valence-corrected chi connectivity index (χ4v) is 2.48. The predicted molar refractivity (Wildman–Crippen MR) is 73.4 cm³/mol. The number of likely N-dealkylation sites (N-methyl/N-ethyl adjacent to an activating group) is 1. The first-order valence-corrected chi connectivity index (χ1v) is 6.94. The van der Waals surface area contributed by atoms with Gasteiger partial charge in [-0.05, 0) is 60.5 Å². The summed E-state index contributed by atoms with van der Waals surface area (Å²) in [6, 6.07) is 1.49. The molecule has 1 fully saturated rings. The zero-order valence-corrected chi connectivity index (χ0v) is 12.3. The van der Waals surface area contributed by atoms with Crippen LogP contribution in [0.2, 0.25) is 0 Å². The lowest BCUT2D eigenvalue weighted by molar-refractivity contribution is -0.0163. The first-order valence-electron chi connectivity index (χ1n) is 6.94. The zero-order chi connectivity index (χ0) is 12.9. The van der Waals surface area contributed by atoms with E-state index in [1.54, 1.807) is 0 Å². The third-order valence-electron chi connectivity index (χ3n) is 3.71. The summed E-state index contributed by atoms with van der Waals surface area (Å²) in [7, 11) is 4.31. The zero-order valence-electron chi connectivity index (χ0n) is 12.3. The van der Waals surface area contributed by atoms with Crippen LogP contribution in [0.5, 0.6) is 0 Å². The summed E-state index contributed by atoms with van der Waals surface area (Å²) >= 11 is 0. The number of nitrogens with zero attached hydrogens (tertiary/aromatic N) is 1. The molecular weight excluding hydrogens is 212 g/mol. The molecule has 3 nitrogen and oxygen atoms in total. The molecule has 1 N–H and O–H groups in total. The average Bonchev–Trinajstić information content (AvgIpc) is 2.27. The molecule has 0 aromatic carbocycles. The van der Waals surface area contributed by atoms with Gasteiger partial charge in [-0.3, -0.25) is 0 Å². The molecule has 0 atom stereocenters. The molecule has 0 unspecified atom stereocenters. The summed E-state index contributed by atoms with van der Waals surface area (Å²) in [6.07, 6.45) is 5.26. The number of nitrogens with one attached hydrogen (secondary N) is 1. The molecule has 0 bridgehead atoms. The van der Waals surface area contributed by atoms with Gasteiger partial charge in [-0.25, -0.2) is 0 Å². The summed E-state index contributed by atoms with van der Waals surface area (Å²) in [4.78, 5) is 2.47. The van der Waals surface area contributed by atoms with E-state index in [1.807, 2.05) is 0 Å². The fraction of sp³-hybridized carbons (Fsp3) is 1.00. The van der Waals surface area contributed by atoms with Crippen LogP contribution >= 0.6 is 0 Å². The van der Waals surface area contributed by atoms with E-state index in [4.69, 9.17) is 4.74 Å². The third-order valence-corrected chi connectivity index (χ3v) is 3.71. The Bertz CT molecular complexity index is 205. The summed E-state index contributed by atoms with van der Waals surface area (Å²) in [5, 5.41) is 3.38. The molecule has 0 amide bonds. The highest BCUT2D eigenvalue weighted by atomic mass is 16.5.